The summed E-state index contributed by atoms with van der Waals surface area (Å²) in [5, 5.41) is 0.473. The highest BCUT2D eigenvalue weighted by molar-refractivity contribution is 6.31. The SMILES string of the molecule is COCC1CCCN1c1nccnc1Cl. The van der Waals surface area contributed by atoms with Crippen LogP contribution in [0, 0.1) is 0 Å². The van der Waals surface area contributed by atoms with Gasteiger partial charge in [-0.3, -0.25) is 0 Å². The van der Waals surface area contributed by atoms with Crippen LogP contribution in [0.25, 0.3) is 0 Å². The Morgan fingerprint density at radius 3 is 3.07 bits per heavy atom. The van der Waals surface area contributed by atoms with Gasteiger partial charge >= 0.3 is 0 Å². The maximum absolute atomic E-state index is 6.01. The molecule has 0 N–H and O–H groups in total. The van der Waals surface area contributed by atoms with Crippen molar-refractivity contribution in [2.45, 2.75) is 18.9 Å². The smallest absolute Gasteiger partial charge is 0.171 e. The van der Waals surface area contributed by atoms with Gasteiger partial charge in [0.1, 0.15) is 0 Å². The summed E-state index contributed by atoms with van der Waals surface area (Å²) in [5.74, 6) is 0.777. The minimum atomic E-state index is 0.379. The highest BCUT2D eigenvalue weighted by Crippen LogP contribution is 2.28. The largest absolute Gasteiger partial charge is 0.383 e. The zero-order chi connectivity index (χ0) is 10.7. The molecular weight excluding hydrogens is 214 g/mol. The van der Waals surface area contributed by atoms with Gasteiger partial charge in [0, 0.05) is 26.0 Å². The average Bonchev–Trinajstić information content (AvgIpc) is 2.67. The molecule has 4 nitrogen and oxygen atoms in total. The van der Waals surface area contributed by atoms with E-state index in [-0.39, 0.29) is 0 Å². The second-order valence-electron chi connectivity index (χ2n) is 3.62. The molecule has 0 aliphatic carbocycles. The zero-order valence-electron chi connectivity index (χ0n) is 8.69. The van der Waals surface area contributed by atoms with Crippen LogP contribution in [0.15, 0.2) is 12.4 Å². The van der Waals surface area contributed by atoms with Crippen LogP contribution in [0.5, 0.6) is 0 Å². The first-order valence-electron chi connectivity index (χ1n) is 5.05. The standard InChI is InChI=1S/C10H14ClN3O/c1-15-7-8-3-2-6-14(8)10-9(11)12-4-5-13-10/h4-5,8H,2-3,6-7H2,1H3. The van der Waals surface area contributed by atoms with Crippen molar-refractivity contribution in [3.8, 4) is 0 Å². The Balaban J connectivity index is 2.19. The Morgan fingerprint density at radius 1 is 1.53 bits per heavy atom. The number of hydrogen-bond donors (Lipinski definition) is 0. The number of rotatable bonds is 3. The molecule has 1 aliphatic rings. The molecule has 1 saturated heterocycles. The molecule has 0 aromatic carbocycles. The van der Waals surface area contributed by atoms with Crippen LogP contribution in [-0.2, 0) is 4.74 Å². The van der Waals surface area contributed by atoms with Crippen molar-refractivity contribution < 1.29 is 4.74 Å². The van der Waals surface area contributed by atoms with Gasteiger partial charge in [-0.1, -0.05) is 11.6 Å². The predicted octanol–water partition coefficient (Wildman–Crippen LogP) is 1.75. The number of nitrogens with zero attached hydrogens (tertiary/aromatic N) is 3. The summed E-state index contributed by atoms with van der Waals surface area (Å²) in [6.07, 6.45) is 5.55. The Morgan fingerprint density at radius 2 is 2.33 bits per heavy atom. The first kappa shape index (κ1) is 10.6. The van der Waals surface area contributed by atoms with Crippen molar-refractivity contribution in [2.24, 2.45) is 0 Å². The molecule has 5 heteroatoms. The van der Waals surface area contributed by atoms with Crippen LogP contribution in [0.4, 0.5) is 5.82 Å². The topological polar surface area (TPSA) is 38.2 Å². The van der Waals surface area contributed by atoms with Gasteiger partial charge in [-0.25, -0.2) is 9.97 Å². The summed E-state index contributed by atoms with van der Waals surface area (Å²) in [5.41, 5.74) is 0. The van der Waals surface area contributed by atoms with Crippen molar-refractivity contribution in [3.05, 3.63) is 17.5 Å². The van der Waals surface area contributed by atoms with Crippen LogP contribution in [0.2, 0.25) is 5.15 Å². The minimum Gasteiger partial charge on any atom is -0.383 e. The number of anilines is 1. The molecule has 0 bridgehead atoms. The molecule has 0 spiro atoms. The van der Waals surface area contributed by atoms with Gasteiger partial charge in [0.05, 0.1) is 12.6 Å². The summed E-state index contributed by atoms with van der Waals surface area (Å²) >= 11 is 6.01. The van der Waals surface area contributed by atoms with Crippen LogP contribution in [0.1, 0.15) is 12.8 Å². The highest BCUT2D eigenvalue weighted by atomic mass is 35.5. The van der Waals surface area contributed by atoms with E-state index in [0.717, 1.165) is 25.2 Å². The third-order valence-corrected chi connectivity index (χ3v) is 2.91. The number of hydrogen-bond acceptors (Lipinski definition) is 4. The molecule has 15 heavy (non-hydrogen) atoms. The van der Waals surface area contributed by atoms with Crippen LogP contribution in [0.3, 0.4) is 0 Å². The van der Waals surface area contributed by atoms with E-state index < -0.39 is 0 Å². The second-order valence-corrected chi connectivity index (χ2v) is 3.97. The van der Waals surface area contributed by atoms with Crippen LogP contribution in [-0.4, -0.2) is 36.3 Å². The molecule has 1 aromatic heterocycles. The lowest BCUT2D eigenvalue weighted by molar-refractivity contribution is 0.180. The van der Waals surface area contributed by atoms with Crippen molar-refractivity contribution in [2.75, 3.05) is 25.2 Å². The quantitative estimate of drug-likeness (QED) is 0.789. The summed E-state index contributed by atoms with van der Waals surface area (Å²) in [6, 6.07) is 0.379. The monoisotopic (exact) mass is 227 g/mol. The lowest BCUT2D eigenvalue weighted by Gasteiger charge is -2.25. The van der Waals surface area contributed by atoms with E-state index in [1.54, 1.807) is 19.5 Å². The van der Waals surface area contributed by atoms with E-state index >= 15 is 0 Å². The van der Waals surface area contributed by atoms with Gasteiger partial charge < -0.3 is 9.64 Å². The van der Waals surface area contributed by atoms with Gasteiger partial charge in [-0.15, -0.1) is 0 Å². The third kappa shape index (κ3) is 2.21. The predicted molar refractivity (Wildman–Crippen MR) is 59.3 cm³/mol. The molecule has 0 saturated carbocycles. The molecule has 82 valence electrons. The van der Waals surface area contributed by atoms with E-state index in [1.165, 1.54) is 0 Å². The number of aromatic nitrogens is 2. The first-order valence-corrected chi connectivity index (χ1v) is 5.43. The molecule has 1 fully saturated rings. The Kier molecular flexibility index (Phi) is 3.38. The van der Waals surface area contributed by atoms with Crippen LogP contribution < -0.4 is 4.90 Å². The lowest BCUT2D eigenvalue weighted by Crippen LogP contribution is -2.33. The van der Waals surface area contributed by atoms with Gasteiger partial charge in [0.2, 0.25) is 0 Å². The summed E-state index contributed by atoms with van der Waals surface area (Å²) in [6.45, 7) is 1.69. The fraction of sp³-hybridized carbons (Fsp3) is 0.600. The molecule has 1 atom stereocenters. The first-order chi connectivity index (χ1) is 7.33. The van der Waals surface area contributed by atoms with E-state index in [1.807, 2.05) is 0 Å². The summed E-state index contributed by atoms with van der Waals surface area (Å²) in [4.78, 5) is 10.5. The fourth-order valence-corrected chi connectivity index (χ4v) is 2.20. The number of ether oxygens (including phenoxy) is 1. The number of methoxy groups -OCH3 is 1. The van der Waals surface area contributed by atoms with E-state index in [0.29, 0.717) is 17.8 Å². The normalized spacial score (nSPS) is 20.9. The third-order valence-electron chi connectivity index (χ3n) is 2.64. The summed E-state index contributed by atoms with van der Waals surface area (Å²) in [7, 11) is 1.72. The maximum atomic E-state index is 6.01. The summed E-state index contributed by atoms with van der Waals surface area (Å²) < 4.78 is 5.18. The van der Waals surface area contributed by atoms with E-state index in [9.17, 15) is 0 Å². The second kappa shape index (κ2) is 4.77. The Hall–Kier alpha value is -0.870. The van der Waals surface area contributed by atoms with Gasteiger partial charge in [-0.2, -0.15) is 0 Å². The highest BCUT2D eigenvalue weighted by Gasteiger charge is 2.27. The molecule has 0 radical (unpaired) electrons. The van der Waals surface area contributed by atoms with E-state index in [4.69, 9.17) is 16.3 Å². The van der Waals surface area contributed by atoms with Crippen molar-refractivity contribution >= 4 is 17.4 Å². The van der Waals surface area contributed by atoms with E-state index in [2.05, 4.69) is 14.9 Å². The van der Waals surface area contributed by atoms with Gasteiger partial charge in [-0.05, 0) is 12.8 Å². The molecule has 1 aromatic rings. The molecular formula is C10H14ClN3O. The molecule has 2 rings (SSSR count). The van der Waals surface area contributed by atoms with Crippen molar-refractivity contribution in [1.82, 2.24) is 9.97 Å². The zero-order valence-corrected chi connectivity index (χ0v) is 9.44. The molecule has 0 amide bonds. The maximum Gasteiger partial charge on any atom is 0.171 e. The van der Waals surface area contributed by atoms with Crippen LogP contribution >= 0.6 is 11.6 Å². The number of halogens is 1. The van der Waals surface area contributed by atoms with Gasteiger partial charge in [0.15, 0.2) is 11.0 Å². The minimum absolute atomic E-state index is 0.379. The Labute approximate surface area is 94.2 Å². The average molecular weight is 228 g/mol. The van der Waals surface area contributed by atoms with Crippen molar-refractivity contribution in [1.29, 1.82) is 0 Å². The fourth-order valence-electron chi connectivity index (χ4n) is 1.99. The molecule has 2 heterocycles. The van der Waals surface area contributed by atoms with Crippen molar-refractivity contribution in [3.63, 3.8) is 0 Å². The lowest BCUT2D eigenvalue weighted by atomic mass is 10.2. The van der Waals surface area contributed by atoms with Gasteiger partial charge in [0.25, 0.3) is 0 Å². The molecule has 1 unspecified atom stereocenters. The Bertz CT molecular complexity index is 334. The molecule has 1 aliphatic heterocycles.